The highest BCUT2D eigenvalue weighted by Crippen LogP contribution is 2.61. The Labute approximate surface area is 155 Å². The van der Waals surface area contributed by atoms with Gasteiger partial charge in [-0.05, 0) is 66.5 Å². The van der Waals surface area contributed by atoms with Gasteiger partial charge >= 0.3 is 6.18 Å². The monoisotopic (exact) mass is 384 g/mol. The van der Waals surface area contributed by atoms with Crippen molar-refractivity contribution in [2.24, 2.45) is 17.3 Å². The lowest BCUT2D eigenvalue weighted by Crippen LogP contribution is -2.44. The van der Waals surface area contributed by atoms with Gasteiger partial charge in [0.25, 0.3) is 0 Å². The van der Waals surface area contributed by atoms with Crippen LogP contribution in [0.3, 0.4) is 0 Å². The first-order valence-electron chi connectivity index (χ1n) is 9.38. The molecule has 2 fully saturated rings. The molecule has 2 N–H and O–H groups in total. The summed E-state index contributed by atoms with van der Waals surface area (Å²) in [5.74, 6) is -0.455. The van der Waals surface area contributed by atoms with Gasteiger partial charge in [-0.3, -0.25) is 4.79 Å². The molecule has 0 heterocycles. The number of aromatic hydroxyl groups is 1. The van der Waals surface area contributed by atoms with Gasteiger partial charge in [-0.15, -0.1) is 0 Å². The lowest BCUT2D eigenvalue weighted by atomic mass is 9.55. The van der Waals surface area contributed by atoms with Crippen molar-refractivity contribution in [1.82, 2.24) is 0 Å². The molecule has 148 valence electrons. The average Bonchev–Trinajstić information content (AvgIpc) is 2.88. The summed E-state index contributed by atoms with van der Waals surface area (Å²) in [6, 6.07) is 2.66. The number of phenols is 1. The number of halogens is 3. The number of Topliss-reactive ketones (excluding diaryl/α,β-unsaturated/α-hetero) is 1. The molecule has 2 saturated carbocycles. The number of benzene rings is 1. The Balaban J connectivity index is 1.69. The summed E-state index contributed by atoms with van der Waals surface area (Å²) in [5.41, 5.74) is 0.857. The molecule has 0 bridgehead atoms. The van der Waals surface area contributed by atoms with Crippen LogP contribution < -0.4 is 4.74 Å². The predicted octanol–water partition coefficient (Wildman–Crippen LogP) is 4.19. The maximum absolute atomic E-state index is 12.7. The van der Waals surface area contributed by atoms with Crippen LogP contribution in [0.4, 0.5) is 13.2 Å². The van der Waals surface area contributed by atoms with E-state index in [9.17, 15) is 28.2 Å². The number of phenolic OH excluding ortho intramolecular Hbond substituents is 1. The summed E-state index contributed by atoms with van der Waals surface area (Å²) in [6.45, 7) is 0.592. The summed E-state index contributed by atoms with van der Waals surface area (Å²) >= 11 is 0. The van der Waals surface area contributed by atoms with E-state index < -0.39 is 18.5 Å². The fraction of sp³-hybridized carbons (Fsp3) is 0.650. The van der Waals surface area contributed by atoms with E-state index in [2.05, 4.69) is 6.92 Å². The van der Waals surface area contributed by atoms with E-state index >= 15 is 0 Å². The van der Waals surface area contributed by atoms with E-state index in [1.54, 1.807) is 0 Å². The van der Waals surface area contributed by atoms with E-state index in [1.807, 2.05) is 0 Å². The van der Waals surface area contributed by atoms with Crippen LogP contribution in [0.25, 0.3) is 0 Å². The lowest BCUT2D eigenvalue weighted by Gasteiger charge is -2.49. The quantitative estimate of drug-likeness (QED) is 0.802. The average molecular weight is 384 g/mol. The molecule has 7 heteroatoms. The molecule has 27 heavy (non-hydrogen) atoms. The number of fused-ring (bicyclic) bond motifs is 5. The standard InChI is InChI=1S/C20H23F3O4/c1-19-5-4-10-11-8-17(27-9-20(21,22)23)16(25)7-13(11)15(24)6-12(10)14(19)2-3-18(19)26/h7-8,10,12,14,18,25-26H,2-6,9H2,1H3/t10?,12?,14?,18-,19-/m0/s1. The molecule has 3 aliphatic carbocycles. The first-order chi connectivity index (χ1) is 12.6. The van der Waals surface area contributed by atoms with Crippen molar-refractivity contribution in [3.63, 3.8) is 0 Å². The molecular formula is C20H23F3O4. The van der Waals surface area contributed by atoms with Crippen LogP contribution in [0.2, 0.25) is 0 Å². The molecule has 4 nitrogen and oxygen atoms in total. The van der Waals surface area contributed by atoms with Gasteiger partial charge in [0.15, 0.2) is 23.9 Å². The molecule has 5 atom stereocenters. The normalized spacial score (nSPS) is 35.4. The number of alkyl halides is 3. The smallest absolute Gasteiger partial charge is 0.422 e. The van der Waals surface area contributed by atoms with Crippen LogP contribution in [0.5, 0.6) is 11.5 Å². The topological polar surface area (TPSA) is 66.8 Å². The van der Waals surface area contributed by atoms with Crippen LogP contribution >= 0.6 is 0 Å². The van der Waals surface area contributed by atoms with Crippen LogP contribution in [0.1, 0.15) is 60.9 Å². The van der Waals surface area contributed by atoms with Gasteiger partial charge in [0.1, 0.15) is 0 Å². The Morgan fingerprint density at radius 3 is 2.70 bits per heavy atom. The van der Waals surface area contributed by atoms with Gasteiger partial charge in [-0.2, -0.15) is 13.2 Å². The molecular weight excluding hydrogens is 361 g/mol. The number of hydrogen-bond donors (Lipinski definition) is 2. The highest BCUT2D eigenvalue weighted by atomic mass is 19.4. The zero-order chi connectivity index (χ0) is 19.6. The molecule has 0 saturated heterocycles. The zero-order valence-electron chi connectivity index (χ0n) is 15.1. The first-order valence-corrected chi connectivity index (χ1v) is 9.38. The molecule has 4 rings (SSSR count). The fourth-order valence-corrected chi connectivity index (χ4v) is 5.66. The second kappa shape index (κ2) is 6.12. The number of carbonyl (C=O) groups is 1. The van der Waals surface area contributed by atoms with Gasteiger partial charge < -0.3 is 14.9 Å². The van der Waals surface area contributed by atoms with Crippen molar-refractivity contribution in [3.8, 4) is 11.5 Å². The van der Waals surface area contributed by atoms with Gasteiger partial charge in [0, 0.05) is 12.0 Å². The van der Waals surface area contributed by atoms with Gasteiger partial charge in [-0.25, -0.2) is 0 Å². The van der Waals surface area contributed by atoms with Crippen molar-refractivity contribution in [2.45, 2.75) is 57.2 Å². The Bertz CT molecular complexity index is 775. The summed E-state index contributed by atoms with van der Waals surface area (Å²) in [5, 5.41) is 20.4. The van der Waals surface area contributed by atoms with Crippen molar-refractivity contribution in [3.05, 3.63) is 23.3 Å². The number of aliphatic hydroxyl groups excluding tert-OH is 1. The molecule has 1 aromatic rings. The Hall–Kier alpha value is -1.76. The van der Waals surface area contributed by atoms with E-state index in [4.69, 9.17) is 4.74 Å². The molecule has 0 aliphatic heterocycles. The number of carbonyl (C=O) groups excluding carboxylic acids is 1. The van der Waals surface area contributed by atoms with Crippen LogP contribution in [0.15, 0.2) is 12.1 Å². The summed E-state index contributed by atoms with van der Waals surface area (Å²) in [7, 11) is 0. The van der Waals surface area contributed by atoms with Crippen molar-refractivity contribution < 1.29 is 32.9 Å². The second-order valence-electron chi connectivity index (χ2n) is 8.45. The predicted molar refractivity (Wildman–Crippen MR) is 90.9 cm³/mol. The highest BCUT2D eigenvalue weighted by Gasteiger charge is 2.55. The SMILES string of the molecule is C[C@]12CCC3c4cc(OCC(F)(F)F)c(O)cc4C(=O)CC3C1CC[C@@H]2O. The minimum atomic E-state index is -4.51. The highest BCUT2D eigenvalue weighted by molar-refractivity contribution is 5.99. The number of ether oxygens (including phenoxy) is 1. The number of aliphatic hydroxyl groups is 1. The Morgan fingerprint density at radius 2 is 2.00 bits per heavy atom. The molecule has 0 aromatic heterocycles. The molecule has 0 amide bonds. The second-order valence-corrected chi connectivity index (χ2v) is 8.45. The van der Waals surface area contributed by atoms with Crippen LogP contribution in [0, 0.1) is 17.3 Å². The minimum Gasteiger partial charge on any atom is -0.504 e. The maximum Gasteiger partial charge on any atom is 0.422 e. The summed E-state index contributed by atoms with van der Waals surface area (Å²) in [4.78, 5) is 12.7. The van der Waals surface area contributed by atoms with E-state index in [1.165, 1.54) is 12.1 Å². The van der Waals surface area contributed by atoms with Crippen molar-refractivity contribution in [2.75, 3.05) is 6.61 Å². The minimum absolute atomic E-state index is 0.0370. The Kier molecular flexibility index (Phi) is 4.22. The molecule has 3 unspecified atom stereocenters. The third kappa shape index (κ3) is 3.00. The van der Waals surface area contributed by atoms with Crippen molar-refractivity contribution in [1.29, 1.82) is 0 Å². The number of rotatable bonds is 2. The largest absolute Gasteiger partial charge is 0.504 e. The number of ketones is 1. The molecule has 1 aromatic carbocycles. The fourth-order valence-electron chi connectivity index (χ4n) is 5.66. The molecule has 0 spiro atoms. The third-order valence-electron chi connectivity index (χ3n) is 7.03. The van der Waals surface area contributed by atoms with Gasteiger partial charge in [0.2, 0.25) is 0 Å². The maximum atomic E-state index is 12.7. The first kappa shape index (κ1) is 18.6. The van der Waals surface area contributed by atoms with Gasteiger partial charge in [0.05, 0.1) is 6.10 Å². The number of hydrogen-bond acceptors (Lipinski definition) is 4. The lowest BCUT2D eigenvalue weighted by molar-refractivity contribution is -0.153. The van der Waals surface area contributed by atoms with Crippen LogP contribution in [-0.2, 0) is 0 Å². The van der Waals surface area contributed by atoms with E-state index in [0.29, 0.717) is 17.5 Å². The van der Waals surface area contributed by atoms with Gasteiger partial charge in [-0.1, -0.05) is 6.92 Å². The molecule has 3 aliphatic rings. The third-order valence-corrected chi connectivity index (χ3v) is 7.03. The summed E-state index contributed by atoms with van der Waals surface area (Å²) < 4.78 is 42.2. The summed E-state index contributed by atoms with van der Waals surface area (Å²) in [6.07, 6.45) is -1.37. The molecule has 0 radical (unpaired) electrons. The van der Waals surface area contributed by atoms with E-state index in [-0.39, 0.29) is 40.8 Å². The zero-order valence-corrected chi connectivity index (χ0v) is 15.1. The van der Waals surface area contributed by atoms with Crippen molar-refractivity contribution >= 4 is 5.78 Å². The van der Waals surface area contributed by atoms with Crippen LogP contribution in [-0.4, -0.2) is 34.9 Å². The van der Waals surface area contributed by atoms with E-state index in [0.717, 1.165) is 25.7 Å². The Morgan fingerprint density at radius 1 is 1.26 bits per heavy atom.